The molecule has 0 saturated carbocycles. The summed E-state index contributed by atoms with van der Waals surface area (Å²) in [5, 5.41) is 31.2. The summed E-state index contributed by atoms with van der Waals surface area (Å²) in [4.78, 5) is 1.05. The summed E-state index contributed by atoms with van der Waals surface area (Å²) in [6.07, 6.45) is 2.08. The molecule has 24 heteroatoms. The molecule has 0 aromatic heterocycles. The van der Waals surface area contributed by atoms with Crippen LogP contribution >= 0.6 is 11.6 Å². The van der Waals surface area contributed by atoms with Crippen LogP contribution in [0.1, 0.15) is 57.7 Å². The number of nitrogens with zero attached hydrogens (tertiary/aromatic N) is 4. The number of halogens is 1. The second kappa shape index (κ2) is 21.2. The number of sulfonamides is 3. The number of hydrogen-bond donors (Lipinski definition) is 5. The zero-order valence-electron chi connectivity index (χ0n) is 40.3. The van der Waals surface area contributed by atoms with E-state index in [0.29, 0.717) is 32.0 Å². The van der Waals surface area contributed by atoms with E-state index in [1.807, 2.05) is 11.8 Å². The molecule has 2 heterocycles. The number of morpholine rings is 2. The zero-order valence-corrected chi connectivity index (χ0v) is 44.3. The Kier molecular flexibility index (Phi) is 16.0. The van der Waals surface area contributed by atoms with Crippen LogP contribution in [0.25, 0.3) is 10.8 Å². The van der Waals surface area contributed by atoms with Crippen LogP contribution in [0.2, 0.25) is 5.02 Å². The molecule has 0 bridgehead atoms. The van der Waals surface area contributed by atoms with Crippen molar-refractivity contribution in [3.8, 4) is 11.5 Å². The van der Waals surface area contributed by atoms with Gasteiger partial charge in [0.25, 0.3) is 10.0 Å². The van der Waals surface area contributed by atoms with Gasteiger partial charge in [-0.05, 0) is 102 Å². The highest BCUT2D eigenvalue weighted by Gasteiger charge is 2.33. The first kappa shape index (κ1) is 53.7. The molecule has 0 radical (unpaired) electrons. The van der Waals surface area contributed by atoms with E-state index in [1.54, 1.807) is 18.2 Å². The molecular formula is C47H58ClN7O12S4. The third-order valence-corrected chi connectivity index (χ3v) is 17.1. The predicted octanol–water partition coefficient (Wildman–Crippen LogP) is 8.58. The van der Waals surface area contributed by atoms with Crippen LogP contribution in [0.5, 0.6) is 11.5 Å². The van der Waals surface area contributed by atoms with E-state index in [9.17, 15) is 39.7 Å². The maximum absolute atomic E-state index is 14.2. The molecule has 2 saturated heterocycles. The molecular weight excluding hydrogens is 1020 g/mol. The summed E-state index contributed by atoms with van der Waals surface area (Å²) in [6.45, 7) is 14.5. The Hall–Kier alpha value is -5.11. The van der Waals surface area contributed by atoms with Gasteiger partial charge in [-0.1, -0.05) is 58.4 Å². The summed E-state index contributed by atoms with van der Waals surface area (Å²) in [6, 6.07) is 17.2. The van der Waals surface area contributed by atoms with E-state index in [4.69, 9.17) is 25.4 Å². The van der Waals surface area contributed by atoms with Gasteiger partial charge in [-0.15, -0.1) is 5.11 Å². The fraction of sp³-hybridized carbons (Fsp3) is 0.404. The van der Waals surface area contributed by atoms with Gasteiger partial charge in [0, 0.05) is 54.6 Å². The molecule has 0 amide bonds. The van der Waals surface area contributed by atoms with Crippen molar-refractivity contribution in [3.05, 3.63) is 94.5 Å². The van der Waals surface area contributed by atoms with Crippen molar-refractivity contribution in [3.63, 3.8) is 0 Å². The summed E-state index contributed by atoms with van der Waals surface area (Å²) >= 11 is 4.73. The number of anilines is 4. The van der Waals surface area contributed by atoms with Gasteiger partial charge in [0.15, 0.2) is 11.1 Å². The molecule has 5 aromatic carbocycles. The molecule has 1 atom stereocenters. The molecule has 5 aromatic rings. The van der Waals surface area contributed by atoms with Crippen LogP contribution < -0.4 is 19.8 Å². The number of phenolic OH excluding ortho intramolecular Hbond substituents is 2. The number of rotatable bonds is 17. The monoisotopic (exact) mass is 1080 g/mol. The Morgan fingerprint density at radius 2 is 1.48 bits per heavy atom. The minimum atomic E-state index is -4.53. The minimum Gasteiger partial charge on any atom is -0.506 e. The first-order valence-electron chi connectivity index (χ1n) is 22.4. The number of azo groups is 1. The second-order valence-electron chi connectivity index (χ2n) is 19.1. The highest BCUT2D eigenvalue weighted by Crippen LogP contribution is 2.45. The number of hydrogen-bond acceptors (Lipinski definition) is 16. The van der Waals surface area contributed by atoms with E-state index >= 15 is 0 Å². The van der Waals surface area contributed by atoms with Crippen molar-refractivity contribution in [1.82, 2.24) is 4.31 Å². The molecule has 7 rings (SSSR count). The Morgan fingerprint density at radius 3 is 2.14 bits per heavy atom. The summed E-state index contributed by atoms with van der Waals surface area (Å²) < 4.78 is 118. The first-order valence-corrected chi connectivity index (χ1v) is 28.9. The fourth-order valence-electron chi connectivity index (χ4n) is 9.11. The lowest BCUT2D eigenvalue weighted by molar-refractivity contribution is 0.0730. The largest absolute Gasteiger partial charge is 0.506 e. The highest BCUT2D eigenvalue weighted by atomic mass is 35.5. The smallest absolute Gasteiger partial charge is 0.263 e. The van der Waals surface area contributed by atoms with E-state index in [1.165, 1.54) is 53.0 Å². The van der Waals surface area contributed by atoms with Crippen LogP contribution in [-0.4, -0.2) is 103 Å². The topological polar surface area (TPSA) is 255 Å². The van der Waals surface area contributed by atoms with Crippen LogP contribution in [0.3, 0.4) is 0 Å². The normalized spacial score (nSPS) is 16.1. The third-order valence-electron chi connectivity index (χ3n) is 11.7. The molecule has 19 nitrogen and oxygen atoms in total. The Labute approximate surface area is 422 Å². The van der Waals surface area contributed by atoms with Gasteiger partial charge in [-0.3, -0.25) is 14.9 Å². The van der Waals surface area contributed by atoms with Crippen molar-refractivity contribution in [2.24, 2.45) is 15.6 Å². The highest BCUT2D eigenvalue weighted by molar-refractivity contribution is 7.93. The summed E-state index contributed by atoms with van der Waals surface area (Å²) in [5.41, 5.74) is 4.75. The Morgan fingerprint density at radius 1 is 0.803 bits per heavy atom. The molecule has 2 aliphatic rings. The van der Waals surface area contributed by atoms with Gasteiger partial charge in [-0.2, -0.15) is 13.7 Å². The number of fused-ring (bicyclic) bond motifs is 1. The lowest BCUT2D eigenvalue weighted by Crippen LogP contribution is -2.40. The van der Waals surface area contributed by atoms with Gasteiger partial charge in [0.1, 0.15) is 21.3 Å². The number of aromatic hydroxyl groups is 2. The van der Waals surface area contributed by atoms with Crippen molar-refractivity contribution in [1.29, 1.82) is 0 Å². The maximum Gasteiger partial charge on any atom is 0.263 e. The average molecular weight is 1080 g/mol. The van der Waals surface area contributed by atoms with Crippen LogP contribution in [-0.2, 0) is 66.1 Å². The SMILES string of the molecule is Cc1cc(NS(=O)(=O)Cc2cc(NS(=O)(=O)c3cc(N=Nc4cc(S(=O)(=O)N5CCOCC5)c(O)c5cccc(NOS(C)=O)c45)ccc3Cl)ccc2N2CCOCC2)c(O)cc1C(C)(C)CC(C)(C)C. The number of phenols is 2. The zero-order chi connectivity index (χ0) is 51.7. The molecule has 2 aliphatic heterocycles. The summed E-state index contributed by atoms with van der Waals surface area (Å²) in [5.74, 6) is -1.41. The Bertz CT molecular complexity index is 3230. The van der Waals surface area contributed by atoms with Crippen molar-refractivity contribution < 1.29 is 53.4 Å². The van der Waals surface area contributed by atoms with Gasteiger partial charge in [0.05, 0.1) is 60.0 Å². The molecule has 0 spiro atoms. The lowest BCUT2D eigenvalue weighted by Gasteiger charge is -2.34. The van der Waals surface area contributed by atoms with Crippen LogP contribution in [0, 0.1) is 12.3 Å². The van der Waals surface area contributed by atoms with Gasteiger partial charge in [0.2, 0.25) is 20.0 Å². The standard InChI is InChI=1S/C47H58ClN7O12S4/c1-30-23-38(41(56)26-35(30)47(5,6)29-46(2,3)4)53-69(59,60)28-31-24-33(12-14-40(31)54-15-19-65-20-16-54)52-70(61,62)42-25-32(11-13-36(42)48)49-50-39-27-43(71(63,64)55-17-21-66-22-18-55)45(57)34-9-8-10-37(44(34)39)51-67-68(7)58/h8-14,23-27,51-53,56-57H,15-22,28-29H2,1-7H3. The molecule has 2 fully saturated rings. The van der Waals surface area contributed by atoms with Gasteiger partial charge >= 0.3 is 0 Å². The van der Waals surface area contributed by atoms with Gasteiger partial charge in [-0.25, -0.2) is 29.5 Å². The van der Waals surface area contributed by atoms with Crippen LogP contribution in [0.15, 0.2) is 92.8 Å². The summed E-state index contributed by atoms with van der Waals surface area (Å²) in [7, 11) is -13.1. The van der Waals surface area contributed by atoms with E-state index < -0.39 is 62.4 Å². The van der Waals surface area contributed by atoms with E-state index in [-0.39, 0.29) is 92.7 Å². The van der Waals surface area contributed by atoms with Crippen molar-refractivity contribution >= 4 is 97.6 Å². The number of nitrogens with one attached hydrogen (secondary N) is 3. The number of ether oxygens (including phenoxy) is 2. The molecule has 5 N–H and O–H groups in total. The van der Waals surface area contributed by atoms with Gasteiger partial charge < -0.3 is 24.6 Å². The third kappa shape index (κ3) is 12.7. The van der Waals surface area contributed by atoms with E-state index in [0.717, 1.165) is 29.7 Å². The van der Waals surface area contributed by atoms with Crippen molar-refractivity contribution in [2.45, 2.75) is 68.9 Å². The molecule has 71 heavy (non-hydrogen) atoms. The Balaban J connectivity index is 1.20. The quantitative estimate of drug-likeness (QED) is 0.0332. The molecule has 384 valence electrons. The molecule has 1 unspecified atom stereocenters. The van der Waals surface area contributed by atoms with Crippen molar-refractivity contribution in [2.75, 3.05) is 78.7 Å². The number of benzene rings is 5. The minimum absolute atomic E-state index is 0.00614. The maximum atomic E-state index is 14.2. The fourth-order valence-corrected chi connectivity index (χ4v) is 13.6. The average Bonchev–Trinajstić information content (AvgIpc) is 3.29. The number of aryl methyl sites for hydroxylation is 1. The second-order valence-corrected chi connectivity index (χ2v) is 25.8. The first-order chi connectivity index (χ1) is 33.2. The predicted molar refractivity (Wildman–Crippen MR) is 276 cm³/mol. The molecule has 0 aliphatic carbocycles. The lowest BCUT2D eigenvalue weighted by atomic mass is 9.71. The van der Waals surface area contributed by atoms with E-state index in [2.05, 4.69) is 59.8 Å². The van der Waals surface area contributed by atoms with Crippen LogP contribution in [0.4, 0.5) is 34.1 Å².